The largest absolute Gasteiger partial charge is 0.393 e. The van der Waals surface area contributed by atoms with Crippen molar-refractivity contribution in [3.05, 3.63) is 24.3 Å². The maximum atomic E-state index is 10.5. The Labute approximate surface area is 136 Å². The van der Waals surface area contributed by atoms with E-state index >= 15 is 0 Å². The van der Waals surface area contributed by atoms with Crippen LogP contribution < -0.4 is 0 Å². The molecule has 3 aliphatic rings. The van der Waals surface area contributed by atoms with Gasteiger partial charge in [-0.15, -0.1) is 6.58 Å². The molecular weight excluding hydrogens is 268 g/mol. The molecule has 0 aromatic carbocycles. The van der Waals surface area contributed by atoms with E-state index in [1.807, 2.05) is 6.92 Å². The second-order valence-corrected chi connectivity index (χ2v) is 9.21. The van der Waals surface area contributed by atoms with Gasteiger partial charge in [0.2, 0.25) is 0 Å². The van der Waals surface area contributed by atoms with Gasteiger partial charge in [0.15, 0.2) is 0 Å². The molecule has 3 aliphatic carbocycles. The van der Waals surface area contributed by atoms with Crippen molar-refractivity contribution in [2.24, 2.45) is 28.1 Å². The Bertz CT molecular complexity index is 490. The van der Waals surface area contributed by atoms with Crippen molar-refractivity contribution in [1.29, 1.82) is 0 Å². The average Bonchev–Trinajstić information content (AvgIpc) is 2.46. The summed E-state index contributed by atoms with van der Waals surface area (Å²) < 4.78 is 0. The molecule has 0 saturated heterocycles. The van der Waals surface area contributed by atoms with Crippen LogP contribution in [0.3, 0.4) is 0 Å². The molecule has 1 heteroatoms. The van der Waals surface area contributed by atoms with E-state index in [1.54, 1.807) is 5.57 Å². The third-order valence-corrected chi connectivity index (χ3v) is 7.83. The third-order valence-electron chi connectivity index (χ3n) is 7.83. The van der Waals surface area contributed by atoms with Crippen molar-refractivity contribution in [2.75, 3.05) is 0 Å². The topological polar surface area (TPSA) is 20.2 Å². The molecule has 124 valence electrons. The first-order valence-electron chi connectivity index (χ1n) is 9.27. The Hall–Kier alpha value is -0.560. The molecule has 1 nitrogen and oxygen atoms in total. The fourth-order valence-electron chi connectivity index (χ4n) is 6.16. The van der Waals surface area contributed by atoms with Crippen LogP contribution >= 0.6 is 0 Å². The number of hydrogen-bond acceptors (Lipinski definition) is 1. The molecule has 0 bridgehead atoms. The molecule has 22 heavy (non-hydrogen) atoms. The molecule has 0 radical (unpaired) electrons. The first kappa shape index (κ1) is 16.3. The molecule has 0 aromatic rings. The predicted molar refractivity (Wildman–Crippen MR) is 93.6 cm³/mol. The maximum Gasteiger partial charge on any atom is 0.0568 e. The Morgan fingerprint density at radius 1 is 1.27 bits per heavy atom. The quantitative estimate of drug-likeness (QED) is 0.667. The zero-order valence-electron chi connectivity index (χ0n) is 15.0. The van der Waals surface area contributed by atoms with Crippen molar-refractivity contribution >= 4 is 0 Å². The first-order valence-corrected chi connectivity index (χ1v) is 9.27. The van der Waals surface area contributed by atoms with Crippen molar-refractivity contribution in [3.63, 3.8) is 0 Å². The molecule has 3 unspecified atom stereocenters. The lowest BCUT2D eigenvalue weighted by atomic mass is 9.45. The highest BCUT2D eigenvalue weighted by Crippen LogP contribution is 2.64. The van der Waals surface area contributed by atoms with E-state index in [0.29, 0.717) is 16.7 Å². The van der Waals surface area contributed by atoms with Crippen LogP contribution in [-0.2, 0) is 0 Å². The molecule has 2 saturated carbocycles. The highest BCUT2D eigenvalue weighted by molar-refractivity contribution is 5.28. The van der Waals surface area contributed by atoms with Gasteiger partial charge in [0, 0.05) is 0 Å². The van der Waals surface area contributed by atoms with Gasteiger partial charge >= 0.3 is 0 Å². The number of fused-ring (bicyclic) bond motifs is 3. The van der Waals surface area contributed by atoms with Crippen LogP contribution in [-0.4, -0.2) is 11.2 Å². The van der Waals surface area contributed by atoms with E-state index in [9.17, 15) is 5.11 Å². The van der Waals surface area contributed by atoms with Gasteiger partial charge in [0.1, 0.15) is 0 Å². The van der Waals surface area contributed by atoms with Crippen molar-refractivity contribution < 1.29 is 5.11 Å². The summed E-state index contributed by atoms with van der Waals surface area (Å²) in [6, 6.07) is 0. The van der Waals surface area contributed by atoms with E-state index in [1.165, 1.54) is 38.5 Å². The number of hydrogen-bond donors (Lipinski definition) is 1. The molecule has 0 heterocycles. The van der Waals surface area contributed by atoms with E-state index < -0.39 is 0 Å². The summed E-state index contributed by atoms with van der Waals surface area (Å²) in [7, 11) is 0. The standard InChI is InChI=1S/C21H34O/c1-6-19(3)13-10-17-16(14-19)8-9-18-20(4,15(2)22)11-7-12-21(17,18)5/h6,10,15-16,18,22H,1,7-9,11-14H2,2-5H3/t15?,16?,18?,19-,20-,21-/m0/s1. The second-order valence-electron chi connectivity index (χ2n) is 9.21. The van der Waals surface area contributed by atoms with Crippen LogP contribution in [0, 0.1) is 28.1 Å². The molecule has 1 N–H and O–H groups in total. The minimum absolute atomic E-state index is 0.0952. The van der Waals surface area contributed by atoms with Gasteiger partial charge < -0.3 is 5.11 Å². The van der Waals surface area contributed by atoms with Gasteiger partial charge in [-0.25, -0.2) is 0 Å². The minimum Gasteiger partial charge on any atom is -0.393 e. The average molecular weight is 303 g/mol. The van der Waals surface area contributed by atoms with Crippen molar-refractivity contribution in [2.45, 2.75) is 78.7 Å². The lowest BCUT2D eigenvalue weighted by Crippen LogP contribution is -2.53. The molecule has 2 fully saturated rings. The van der Waals surface area contributed by atoms with E-state index in [-0.39, 0.29) is 11.5 Å². The Kier molecular flexibility index (Phi) is 3.87. The van der Waals surface area contributed by atoms with E-state index in [4.69, 9.17) is 0 Å². The monoisotopic (exact) mass is 302 g/mol. The SMILES string of the molecule is C=C[C@@]1(C)CC=C2C(CCC3[C@](C)(C(C)O)CCC[C@@]23C)C1. The van der Waals surface area contributed by atoms with Gasteiger partial charge in [0.05, 0.1) is 6.10 Å². The fraction of sp³-hybridized carbons (Fsp3) is 0.810. The summed E-state index contributed by atoms with van der Waals surface area (Å²) in [5, 5.41) is 10.5. The zero-order chi connectivity index (χ0) is 16.2. The maximum absolute atomic E-state index is 10.5. The highest BCUT2D eigenvalue weighted by Gasteiger charge is 2.56. The molecule has 6 atom stereocenters. The number of aliphatic hydroxyl groups is 1. The van der Waals surface area contributed by atoms with Gasteiger partial charge in [0.25, 0.3) is 0 Å². The van der Waals surface area contributed by atoms with Crippen LogP contribution in [0.2, 0.25) is 0 Å². The predicted octanol–water partition coefficient (Wildman–Crippen LogP) is 5.50. The van der Waals surface area contributed by atoms with E-state index in [0.717, 1.165) is 12.3 Å². The summed E-state index contributed by atoms with van der Waals surface area (Å²) in [5.41, 5.74) is 2.43. The van der Waals surface area contributed by atoms with Crippen molar-refractivity contribution in [3.8, 4) is 0 Å². The molecule has 0 spiro atoms. The number of rotatable bonds is 2. The number of allylic oxidation sites excluding steroid dienone is 3. The van der Waals surface area contributed by atoms with Gasteiger partial charge in [-0.3, -0.25) is 0 Å². The van der Waals surface area contributed by atoms with Crippen LogP contribution in [0.15, 0.2) is 24.3 Å². The Balaban J connectivity index is 1.98. The van der Waals surface area contributed by atoms with Crippen LogP contribution in [0.5, 0.6) is 0 Å². The Morgan fingerprint density at radius 3 is 2.64 bits per heavy atom. The fourth-order valence-corrected chi connectivity index (χ4v) is 6.16. The highest BCUT2D eigenvalue weighted by atomic mass is 16.3. The molecule has 0 aromatic heterocycles. The van der Waals surface area contributed by atoms with Crippen LogP contribution in [0.25, 0.3) is 0 Å². The molecule has 3 rings (SSSR count). The van der Waals surface area contributed by atoms with Crippen LogP contribution in [0.1, 0.15) is 72.6 Å². The molecule has 0 amide bonds. The zero-order valence-corrected chi connectivity index (χ0v) is 15.0. The number of aliphatic hydroxyl groups excluding tert-OH is 1. The van der Waals surface area contributed by atoms with Crippen LogP contribution in [0.4, 0.5) is 0 Å². The molecule has 0 aliphatic heterocycles. The summed E-state index contributed by atoms with van der Waals surface area (Å²) in [5.74, 6) is 1.39. The summed E-state index contributed by atoms with van der Waals surface area (Å²) in [6.07, 6.45) is 13.3. The van der Waals surface area contributed by atoms with Crippen molar-refractivity contribution in [1.82, 2.24) is 0 Å². The summed E-state index contributed by atoms with van der Waals surface area (Å²) >= 11 is 0. The van der Waals surface area contributed by atoms with Gasteiger partial charge in [-0.05, 0) is 73.5 Å². The Morgan fingerprint density at radius 2 is 2.00 bits per heavy atom. The smallest absolute Gasteiger partial charge is 0.0568 e. The lowest BCUT2D eigenvalue weighted by Gasteiger charge is -2.60. The van der Waals surface area contributed by atoms with E-state index in [2.05, 4.69) is 39.5 Å². The summed E-state index contributed by atoms with van der Waals surface area (Å²) in [4.78, 5) is 0. The van der Waals surface area contributed by atoms with Gasteiger partial charge in [-0.1, -0.05) is 44.9 Å². The minimum atomic E-state index is -0.198. The molecular formula is C21H34O. The summed E-state index contributed by atoms with van der Waals surface area (Å²) in [6.45, 7) is 13.3. The third kappa shape index (κ3) is 2.23. The lowest BCUT2D eigenvalue weighted by molar-refractivity contribution is -0.0918. The van der Waals surface area contributed by atoms with Gasteiger partial charge in [-0.2, -0.15) is 0 Å². The normalized spacial score (nSPS) is 49.6. The first-order chi connectivity index (χ1) is 10.3. The second kappa shape index (κ2) is 5.23.